The summed E-state index contributed by atoms with van der Waals surface area (Å²) >= 11 is 0. The second-order valence-corrected chi connectivity index (χ2v) is 7.49. The lowest BCUT2D eigenvalue weighted by molar-refractivity contribution is -0.129. The van der Waals surface area contributed by atoms with E-state index in [0.29, 0.717) is 36.2 Å². The predicted molar refractivity (Wildman–Crippen MR) is 86.2 cm³/mol. The molecule has 126 valence electrons. The SMILES string of the molecule is CN(C[C@@H]1CC(=O)N(C2CCCC2)C1)c1nnc(C2CCC2)o1. The second-order valence-electron chi connectivity index (χ2n) is 7.49. The summed E-state index contributed by atoms with van der Waals surface area (Å²) in [6, 6.07) is 1.09. The fourth-order valence-electron chi connectivity index (χ4n) is 4.17. The monoisotopic (exact) mass is 318 g/mol. The highest BCUT2D eigenvalue weighted by Crippen LogP contribution is 2.36. The minimum atomic E-state index is 0.330. The van der Waals surface area contributed by atoms with Crippen molar-refractivity contribution in [2.45, 2.75) is 63.3 Å². The number of anilines is 1. The van der Waals surface area contributed by atoms with E-state index in [9.17, 15) is 4.79 Å². The molecule has 6 nitrogen and oxygen atoms in total. The van der Waals surface area contributed by atoms with Gasteiger partial charge in [0.25, 0.3) is 0 Å². The van der Waals surface area contributed by atoms with Crippen molar-refractivity contribution in [3.05, 3.63) is 5.89 Å². The Morgan fingerprint density at radius 1 is 1.17 bits per heavy atom. The molecule has 0 bridgehead atoms. The third-order valence-corrected chi connectivity index (χ3v) is 5.75. The van der Waals surface area contributed by atoms with Crippen LogP contribution < -0.4 is 4.90 Å². The molecule has 0 aromatic carbocycles. The molecule has 2 heterocycles. The number of carbonyl (C=O) groups excluding carboxylic acids is 1. The molecule has 2 aliphatic carbocycles. The van der Waals surface area contributed by atoms with Crippen molar-refractivity contribution in [1.29, 1.82) is 0 Å². The van der Waals surface area contributed by atoms with Crippen LogP contribution in [0.3, 0.4) is 0 Å². The molecule has 1 saturated heterocycles. The summed E-state index contributed by atoms with van der Waals surface area (Å²) in [5.74, 6) is 1.95. The first-order valence-corrected chi connectivity index (χ1v) is 9.04. The number of carbonyl (C=O) groups is 1. The van der Waals surface area contributed by atoms with Crippen molar-refractivity contribution < 1.29 is 9.21 Å². The first kappa shape index (κ1) is 15.0. The normalized spacial score (nSPS) is 26.0. The molecule has 0 spiro atoms. The highest BCUT2D eigenvalue weighted by molar-refractivity contribution is 5.79. The van der Waals surface area contributed by atoms with Crippen LogP contribution in [0, 0.1) is 5.92 Å². The van der Waals surface area contributed by atoms with Gasteiger partial charge in [-0.1, -0.05) is 24.4 Å². The Morgan fingerprint density at radius 3 is 2.65 bits per heavy atom. The average molecular weight is 318 g/mol. The van der Waals surface area contributed by atoms with Gasteiger partial charge in [0.2, 0.25) is 11.8 Å². The van der Waals surface area contributed by atoms with Crippen LogP contribution in [0.4, 0.5) is 6.01 Å². The molecule has 3 aliphatic rings. The Morgan fingerprint density at radius 2 is 1.96 bits per heavy atom. The Kier molecular flexibility index (Phi) is 3.99. The molecule has 0 N–H and O–H groups in total. The van der Waals surface area contributed by atoms with Crippen molar-refractivity contribution >= 4 is 11.9 Å². The lowest BCUT2D eigenvalue weighted by Crippen LogP contribution is -2.35. The number of nitrogens with zero attached hydrogens (tertiary/aromatic N) is 4. The molecule has 1 amide bonds. The van der Waals surface area contributed by atoms with Crippen molar-refractivity contribution in [1.82, 2.24) is 15.1 Å². The Bertz CT molecular complexity index is 563. The predicted octanol–water partition coefficient (Wildman–Crippen LogP) is 2.56. The fourth-order valence-corrected chi connectivity index (χ4v) is 4.17. The summed E-state index contributed by atoms with van der Waals surface area (Å²) in [4.78, 5) is 16.4. The smallest absolute Gasteiger partial charge is 0.317 e. The van der Waals surface area contributed by atoms with Crippen LogP contribution in [-0.2, 0) is 4.79 Å². The number of aromatic nitrogens is 2. The molecule has 1 aliphatic heterocycles. The van der Waals surface area contributed by atoms with Crippen molar-refractivity contribution in [2.24, 2.45) is 5.92 Å². The molecule has 1 atom stereocenters. The van der Waals surface area contributed by atoms with Gasteiger partial charge >= 0.3 is 6.01 Å². The number of hydrogen-bond acceptors (Lipinski definition) is 5. The molecule has 0 unspecified atom stereocenters. The van der Waals surface area contributed by atoms with E-state index in [-0.39, 0.29) is 0 Å². The third kappa shape index (κ3) is 2.95. The summed E-state index contributed by atoms with van der Waals surface area (Å²) < 4.78 is 5.82. The van der Waals surface area contributed by atoms with Gasteiger partial charge < -0.3 is 14.2 Å². The van der Waals surface area contributed by atoms with Crippen LogP contribution in [0.2, 0.25) is 0 Å². The number of hydrogen-bond donors (Lipinski definition) is 0. The van der Waals surface area contributed by atoms with E-state index < -0.39 is 0 Å². The average Bonchev–Trinajstić information content (AvgIpc) is 3.17. The summed E-state index contributed by atoms with van der Waals surface area (Å²) in [5, 5.41) is 8.38. The maximum absolute atomic E-state index is 12.3. The molecule has 0 radical (unpaired) electrons. The summed E-state index contributed by atoms with van der Waals surface area (Å²) in [6.45, 7) is 1.69. The zero-order chi connectivity index (χ0) is 15.8. The van der Waals surface area contributed by atoms with Crippen LogP contribution in [0.25, 0.3) is 0 Å². The van der Waals surface area contributed by atoms with Crippen LogP contribution in [-0.4, -0.2) is 47.2 Å². The summed E-state index contributed by atoms with van der Waals surface area (Å²) in [6.07, 6.45) is 9.16. The molecule has 6 heteroatoms. The minimum Gasteiger partial charge on any atom is -0.408 e. The minimum absolute atomic E-state index is 0.330. The fraction of sp³-hybridized carbons (Fsp3) is 0.824. The van der Waals surface area contributed by atoms with Crippen molar-refractivity contribution in [3.8, 4) is 0 Å². The molecular weight excluding hydrogens is 292 g/mol. The Balaban J connectivity index is 1.34. The summed E-state index contributed by atoms with van der Waals surface area (Å²) in [5.41, 5.74) is 0. The summed E-state index contributed by atoms with van der Waals surface area (Å²) in [7, 11) is 1.99. The standard InChI is InChI=1S/C17H26N4O2/c1-20(17-19-18-16(23-17)13-5-4-6-13)10-12-9-15(22)21(11-12)14-7-2-3-8-14/h12-14H,2-11H2,1H3/t12-/m0/s1. The van der Waals surface area contributed by atoms with Gasteiger partial charge in [0.1, 0.15) is 0 Å². The van der Waals surface area contributed by atoms with E-state index in [4.69, 9.17) is 4.42 Å². The zero-order valence-electron chi connectivity index (χ0n) is 13.9. The van der Waals surface area contributed by atoms with Crippen LogP contribution >= 0.6 is 0 Å². The topological polar surface area (TPSA) is 62.5 Å². The highest BCUT2D eigenvalue weighted by Gasteiger charge is 2.36. The first-order chi connectivity index (χ1) is 11.2. The Labute approximate surface area is 137 Å². The van der Waals surface area contributed by atoms with Gasteiger partial charge in [-0.25, -0.2) is 0 Å². The van der Waals surface area contributed by atoms with Gasteiger partial charge in [0.15, 0.2) is 0 Å². The van der Waals surface area contributed by atoms with Gasteiger partial charge in [-0.3, -0.25) is 4.79 Å². The number of rotatable bonds is 5. The van der Waals surface area contributed by atoms with E-state index in [1.807, 2.05) is 11.9 Å². The van der Waals surface area contributed by atoms with E-state index in [1.54, 1.807) is 0 Å². The van der Waals surface area contributed by atoms with E-state index >= 15 is 0 Å². The number of likely N-dealkylation sites (tertiary alicyclic amines) is 1. The quantitative estimate of drug-likeness (QED) is 0.835. The van der Waals surface area contributed by atoms with Gasteiger partial charge in [-0.15, -0.1) is 5.10 Å². The first-order valence-electron chi connectivity index (χ1n) is 9.04. The second kappa shape index (κ2) is 6.13. The van der Waals surface area contributed by atoms with Crippen LogP contribution in [0.1, 0.15) is 63.2 Å². The van der Waals surface area contributed by atoms with Gasteiger partial charge in [0.05, 0.1) is 0 Å². The molecule has 1 aromatic heterocycles. The lowest BCUT2D eigenvalue weighted by Gasteiger charge is -2.25. The molecule has 3 fully saturated rings. The van der Waals surface area contributed by atoms with Gasteiger partial charge in [-0.05, 0) is 25.7 Å². The highest BCUT2D eigenvalue weighted by atomic mass is 16.4. The van der Waals surface area contributed by atoms with E-state index in [2.05, 4.69) is 15.1 Å². The van der Waals surface area contributed by atoms with Gasteiger partial charge in [-0.2, -0.15) is 0 Å². The van der Waals surface area contributed by atoms with Crippen LogP contribution in [0.5, 0.6) is 0 Å². The van der Waals surface area contributed by atoms with Gasteiger partial charge in [0, 0.05) is 44.4 Å². The molecule has 23 heavy (non-hydrogen) atoms. The maximum atomic E-state index is 12.3. The molecule has 4 rings (SSSR count). The molecular formula is C17H26N4O2. The third-order valence-electron chi connectivity index (χ3n) is 5.75. The van der Waals surface area contributed by atoms with Crippen LogP contribution in [0.15, 0.2) is 4.42 Å². The lowest BCUT2D eigenvalue weighted by atomic mass is 9.85. The maximum Gasteiger partial charge on any atom is 0.317 e. The largest absolute Gasteiger partial charge is 0.408 e. The van der Waals surface area contributed by atoms with Crippen molar-refractivity contribution in [3.63, 3.8) is 0 Å². The zero-order valence-corrected chi connectivity index (χ0v) is 13.9. The Hall–Kier alpha value is -1.59. The van der Waals surface area contributed by atoms with E-state index in [0.717, 1.165) is 19.0 Å². The van der Waals surface area contributed by atoms with E-state index in [1.165, 1.54) is 44.9 Å². The number of amides is 1. The molecule has 2 saturated carbocycles. The van der Waals surface area contributed by atoms with Crippen molar-refractivity contribution in [2.75, 3.05) is 25.0 Å². The molecule has 1 aromatic rings.